The molecule has 0 radical (unpaired) electrons. The van der Waals surface area contributed by atoms with Crippen LogP contribution in [-0.2, 0) is 14.8 Å². The van der Waals surface area contributed by atoms with E-state index in [1.54, 1.807) is 12.1 Å². The second-order valence-corrected chi connectivity index (χ2v) is 9.82. The molecule has 0 aliphatic carbocycles. The molecule has 1 unspecified atom stereocenters. The van der Waals surface area contributed by atoms with Gasteiger partial charge in [-0.1, -0.05) is 0 Å². The lowest BCUT2D eigenvalue weighted by molar-refractivity contribution is -0.000388. The van der Waals surface area contributed by atoms with E-state index in [1.165, 1.54) is 12.1 Å². The lowest BCUT2D eigenvalue weighted by atomic mass is 10.2. The van der Waals surface area contributed by atoms with Gasteiger partial charge in [0.05, 0.1) is 6.61 Å². The van der Waals surface area contributed by atoms with Crippen molar-refractivity contribution in [1.82, 2.24) is 25.5 Å². The molecule has 13 heteroatoms. The van der Waals surface area contributed by atoms with Crippen molar-refractivity contribution in [1.29, 1.82) is 0 Å². The Hall–Kier alpha value is -3.68. The minimum atomic E-state index is -4.34. The van der Waals surface area contributed by atoms with Gasteiger partial charge in [-0.3, -0.25) is 9.82 Å². The molecule has 1 aliphatic heterocycles. The van der Waals surface area contributed by atoms with Crippen molar-refractivity contribution in [3.8, 4) is 17.3 Å². The van der Waals surface area contributed by atoms with Crippen LogP contribution in [0.2, 0.25) is 0 Å². The predicted molar refractivity (Wildman–Crippen MR) is 127 cm³/mol. The Bertz CT molecular complexity index is 1510. The van der Waals surface area contributed by atoms with E-state index >= 15 is 0 Å². The zero-order valence-corrected chi connectivity index (χ0v) is 19.9. The van der Waals surface area contributed by atoms with Crippen LogP contribution in [0.5, 0.6) is 5.88 Å². The van der Waals surface area contributed by atoms with Crippen LogP contribution in [0, 0.1) is 18.6 Å². The molecule has 3 heterocycles. The highest BCUT2D eigenvalue weighted by atomic mass is 32.2. The van der Waals surface area contributed by atoms with Crippen molar-refractivity contribution in [3.05, 3.63) is 59.8 Å². The minimum absolute atomic E-state index is 0.116. The number of fused-ring (bicyclic) bond motifs is 1. The molecule has 5 rings (SSSR count). The van der Waals surface area contributed by atoms with E-state index < -0.39 is 26.6 Å². The first-order valence-corrected chi connectivity index (χ1v) is 12.5. The van der Waals surface area contributed by atoms with E-state index in [0.29, 0.717) is 54.1 Å². The summed E-state index contributed by atoms with van der Waals surface area (Å²) < 4.78 is 66.4. The van der Waals surface area contributed by atoms with Crippen LogP contribution in [0.1, 0.15) is 5.69 Å². The summed E-state index contributed by atoms with van der Waals surface area (Å²) in [5, 5.41) is 11.0. The number of benzene rings is 2. The predicted octanol–water partition coefficient (Wildman–Crippen LogP) is 2.77. The van der Waals surface area contributed by atoms with Gasteiger partial charge in [0.15, 0.2) is 11.5 Å². The van der Waals surface area contributed by atoms with Gasteiger partial charge >= 0.3 is 0 Å². The average molecular weight is 517 g/mol. The van der Waals surface area contributed by atoms with Crippen LogP contribution >= 0.6 is 0 Å². The van der Waals surface area contributed by atoms with Crippen molar-refractivity contribution < 1.29 is 26.7 Å². The molecule has 0 spiro atoms. The van der Waals surface area contributed by atoms with Crippen molar-refractivity contribution >= 4 is 26.7 Å². The number of rotatable bonds is 7. The number of anilines is 1. The van der Waals surface area contributed by atoms with Crippen molar-refractivity contribution in [2.24, 2.45) is 0 Å². The summed E-state index contributed by atoms with van der Waals surface area (Å²) in [5.74, 6) is -1.25. The third-order valence-electron chi connectivity index (χ3n) is 5.55. The van der Waals surface area contributed by atoms with E-state index in [1.807, 2.05) is 6.92 Å². The SMILES string of the molecule is Cc1[nH]nc2nc(-c3ccc(NS(=O)(=O)c4cc(F)ccc4F)cc3)nc(OCC3CNCCO3)c12. The fraction of sp³-hybridized carbons (Fsp3) is 0.261. The quantitative estimate of drug-likeness (QED) is 0.342. The second-order valence-electron chi connectivity index (χ2n) is 8.17. The van der Waals surface area contributed by atoms with Gasteiger partial charge in [0.2, 0.25) is 5.88 Å². The maximum absolute atomic E-state index is 14.0. The number of nitrogens with zero attached hydrogens (tertiary/aromatic N) is 3. The lowest BCUT2D eigenvalue weighted by Crippen LogP contribution is -2.41. The molecular weight excluding hydrogens is 494 g/mol. The summed E-state index contributed by atoms with van der Waals surface area (Å²) in [4.78, 5) is 8.27. The van der Waals surface area contributed by atoms with Gasteiger partial charge in [-0.2, -0.15) is 10.1 Å². The Kier molecular flexibility index (Phi) is 6.51. The molecule has 1 fully saturated rings. The summed E-state index contributed by atoms with van der Waals surface area (Å²) in [6, 6.07) is 8.35. The molecule has 36 heavy (non-hydrogen) atoms. The van der Waals surface area contributed by atoms with E-state index in [2.05, 4.69) is 30.2 Å². The highest BCUT2D eigenvalue weighted by Crippen LogP contribution is 2.29. The molecule has 0 bridgehead atoms. The molecule has 1 atom stereocenters. The van der Waals surface area contributed by atoms with Gasteiger partial charge < -0.3 is 14.8 Å². The number of halogens is 2. The number of hydrogen-bond acceptors (Lipinski definition) is 8. The van der Waals surface area contributed by atoms with Gasteiger partial charge in [-0.25, -0.2) is 22.2 Å². The zero-order valence-electron chi connectivity index (χ0n) is 19.1. The lowest BCUT2D eigenvalue weighted by Gasteiger charge is -2.23. The highest BCUT2D eigenvalue weighted by molar-refractivity contribution is 7.92. The molecule has 4 aromatic rings. The van der Waals surface area contributed by atoms with Crippen molar-refractivity contribution in [2.75, 3.05) is 31.0 Å². The number of ether oxygens (including phenoxy) is 2. The van der Waals surface area contributed by atoms with Crippen LogP contribution in [-0.4, -0.2) is 61.0 Å². The number of nitrogens with one attached hydrogen (secondary N) is 3. The summed E-state index contributed by atoms with van der Waals surface area (Å²) in [7, 11) is -4.34. The van der Waals surface area contributed by atoms with Gasteiger partial charge in [0.25, 0.3) is 10.0 Å². The van der Waals surface area contributed by atoms with Crippen molar-refractivity contribution in [3.63, 3.8) is 0 Å². The molecule has 0 saturated carbocycles. The van der Waals surface area contributed by atoms with Gasteiger partial charge in [-0.05, 0) is 49.4 Å². The van der Waals surface area contributed by atoms with Crippen LogP contribution < -0.4 is 14.8 Å². The van der Waals surface area contributed by atoms with Crippen LogP contribution in [0.3, 0.4) is 0 Å². The number of aromatic nitrogens is 4. The zero-order chi connectivity index (χ0) is 25.3. The number of aryl methyl sites for hydroxylation is 1. The first-order valence-electron chi connectivity index (χ1n) is 11.1. The van der Waals surface area contributed by atoms with Crippen molar-refractivity contribution in [2.45, 2.75) is 17.9 Å². The van der Waals surface area contributed by atoms with E-state index in [9.17, 15) is 17.2 Å². The number of hydrogen-bond donors (Lipinski definition) is 3. The summed E-state index contributed by atoms with van der Waals surface area (Å²) in [5.41, 5.74) is 1.89. The van der Waals surface area contributed by atoms with Gasteiger partial charge in [-0.15, -0.1) is 0 Å². The van der Waals surface area contributed by atoms with E-state index in [-0.39, 0.29) is 11.8 Å². The molecule has 10 nitrogen and oxygen atoms in total. The Morgan fingerprint density at radius 2 is 1.97 bits per heavy atom. The minimum Gasteiger partial charge on any atom is -0.474 e. The first kappa shape index (κ1) is 24.0. The number of sulfonamides is 1. The third-order valence-corrected chi connectivity index (χ3v) is 6.95. The standard InChI is InChI=1S/C23H22F2N6O4S/c1-13-20-22(30-29-13)27-21(28-23(20)35-12-17-11-26-8-9-34-17)14-2-5-16(6-3-14)31-36(32,33)19-10-15(24)4-7-18(19)25/h2-7,10,17,26,31H,8-9,11-12H2,1H3,(H,27,28,29,30). The maximum Gasteiger partial charge on any atom is 0.264 e. The normalized spacial score (nSPS) is 16.2. The highest BCUT2D eigenvalue weighted by Gasteiger charge is 2.21. The first-order chi connectivity index (χ1) is 17.3. The van der Waals surface area contributed by atoms with Crippen LogP contribution in [0.4, 0.5) is 14.5 Å². The summed E-state index contributed by atoms with van der Waals surface area (Å²) in [6.07, 6.45) is -0.116. The van der Waals surface area contributed by atoms with Crippen LogP contribution in [0.15, 0.2) is 47.4 Å². The molecule has 2 aromatic carbocycles. The molecule has 1 saturated heterocycles. The second kappa shape index (κ2) is 9.76. The smallest absolute Gasteiger partial charge is 0.264 e. The fourth-order valence-electron chi connectivity index (χ4n) is 3.74. The van der Waals surface area contributed by atoms with Gasteiger partial charge in [0.1, 0.15) is 34.6 Å². The largest absolute Gasteiger partial charge is 0.474 e. The molecule has 188 valence electrons. The third kappa shape index (κ3) is 4.98. The van der Waals surface area contributed by atoms with E-state index in [0.717, 1.165) is 24.4 Å². The topological polar surface area (TPSA) is 131 Å². The summed E-state index contributed by atoms with van der Waals surface area (Å²) >= 11 is 0. The Balaban J connectivity index is 1.39. The monoisotopic (exact) mass is 516 g/mol. The molecule has 3 N–H and O–H groups in total. The Morgan fingerprint density at radius 3 is 2.72 bits per heavy atom. The average Bonchev–Trinajstić information content (AvgIpc) is 3.25. The fourth-order valence-corrected chi connectivity index (χ4v) is 4.89. The number of H-pyrrole nitrogens is 1. The Morgan fingerprint density at radius 1 is 1.17 bits per heavy atom. The van der Waals surface area contributed by atoms with Gasteiger partial charge in [0, 0.05) is 30.0 Å². The number of morpholine rings is 1. The molecule has 1 aliphatic rings. The summed E-state index contributed by atoms with van der Waals surface area (Å²) in [6.45, 7) is 4.20. The van der Waals surface area contributed by atoms with Crippen LogP contribution in [0.25, 0.3) is 22.4 Å². The number of aromatic amines is 1. The molecular formula is C23H22F2N6O4S. The molecule has 0 amide bonds. The van der Waals surface area contributed by atoms with E-state index in [4.69, 9.17) is 9.47 Å². The maximum atomic E-state index is 14.0. The molecule has 2 aromatic heterocycles. The Labute approximate surface area is 205 Å².